The van der Waals surface area contributed by atoms with Gasteiger partial charge in [0.1, 0.15) is 5.75 Å². The third-order valence-corrected chi connectivity index (χ3v) is 7.27. The Morgan fingerprint density at radius 2 is 1.49 bits per heavy atom. The molecule has 11 heteroatoms. The van der Waals surface area contributed by atoms with E-state index in [1.54, 1.807) is 42.5 Å². The summed E-state index contributed by atoms with van der Waals surface area (Å²) in [5.74, 6) is -1.69. The van der Waals surface area contributed by atoms with Gasteiger partial charge in [-0.1, -0.05) is 38.7 Å². The van der Waals surface area contributed by atoms with Crippen LogP contribution < -0.4 is 24.8 Å². The fourth-order valence-electron chi connectivity index (χ4n) is 4.59. The number of nitrogens with one attached hydrogen (secondary N) is 2. The van der Waals surface area contributed by atoms with Gasteiger partial charge in [0.15, 0.2) is 17.3 Å². The number of hydrogen-bond acceptors (Lipinski definition) is 8. The summed E-state index contributed by atoms with van der Waals surface area (Å²) in [5, 5.41) is 14.0. The van der Waals surface area contributed by atoms with Crippen LogP contribution in [0.4, 0.5) is 5.69 Å². The van der Waals surface area contributed by atoms with Crippen molar-refractivity contribution in [2.24, 2.45) is 0 Å². The van der Waals surface area contributed by atoms with E-state index in [0.29, 0.717) is 29.2 Å². The van der Waals surface area contributed by atoms with E-state index in [9.17, 15) is 24.0 Å². The summed E-state index contributed by atoms with van der Waals surface area (Å²) in [6, 6.07) is 16.8. The van der Waals surface area contributed by atoms with Gasteiger partial charge in [-0.15, -0.1) is 0 Å². The second-order valence-electron chi connectivity index (χ2n) is 11.0. The Labute approximate surface area is 274 Å². The first-order valence-corrected chi connectivity index (χ1v) is 15.6. The molecule has 0 radical (unpaired) electrons. The van der Waals surface area contributed by atoms with Gasteiger partial charge < -0.3 is 30.0 Å². The van der Waals surface area contributed by atoms with Crippen molar-refractivity contribution in [3.05, 3.63) is 83.4 Å². The molecule has 47 heavy (non-hydrogen) atoms. The van der Waals surface area contributed by atoms with Crippen LogP contribution in [0.15, 0.2) is 66.7 Å². The van der Waals surface area contributed by atoms with Crippen LogP contribution in [-0.2, 0) is 20.8 Å². The van der Waals surface area contributed by atoms with E-state index >= 15 is 0 Å². The lowest BCUT2D eigenvalue weighted by Crippen LogP contribution is -2.41. The molecule has 3 rings (SSSR count). The van der Waals surface area contributed by atoms with E-state index in [1.807, 2.05) is 0 Å². The zero-order valence-electron chi connectivity index (χ0n) is 27.0. The van der Waals surface area contributed by atoms with Crippen molar-refractivity contribution < 1.29 is 43.3 Å². The van der Waals surface area contributed by atoms with Gasteiger partial charge in [0.2, 0.25) is 5.91 Å². The lowest BCUT2D eigenvalue weighted by atomic mass is 10.0. The number of methoxy groups -OCH3 is 1. The number of aliphatic carboxylic acids is 1. The Bertz CT molecular complexity index is 1520. The van der Waals surface area contributed by atoms with E-state index in [4.69, 9.17) is 19.3 Å². The molecule has 250 valence electrons. The van der Waals surface area contributed by atoms with Crippen molar-refractivity contribution in [2.75, 3.05) is 19.0 Å². The number of benzene rings is 3. The molecule has 0 aromatic heterocycles. The monoisotopic (exact) mass is 646 g/mol. The predicted molar refractivity (Wildman–Crippen MR) is 176 cm³/mol. The largest absolute Gasteiger partial charge is 0.494 e. The second kappa shape index (κ2) is 18.7. The zero-order chi connectivity index (χ0) is 34.2. The highest BCUT2D eigenvalue weighted by atomic mass is 16.6. The number of amides is 2. The molecule has 11 nitrogen and oxygen atoms in total. The van der Waals surface area contributed by atoms with Crippen LogP contribution in [-0.4, -0.2) is 54.4 Å². The molecule has 0 saturated heterocycles. The molecule has 1 atom stereocenters. The molecule has 0 saturated carbocycles. The first-order valence-electron chi connectivity index (χ1n) is 15.6. The standard InChI is InChI=1S/C36H42N2O9/c1-4-5-6-7-8-21-46-29-16-12-27(13-17-29)36(44)47-31-18-9-25(23-32(31)45-3)22-30(24(2)39)38-35(43)26-10-14-28(15-11-26)37-33(40)19-20-34(41)42/h9-18,23,30H,4-8,19-22H2,1-3H3,(H,37,40)(H,38,43)(H,41,42). The van der Waals surface area contributed by atoms with Crippen molar-refractivity contribution in [2.45, 2.75) is 71.3 Å². The summed E-state index contributed by atoms with van der Waals surface area (Å²) in [5.41, 5.74) is 1.68. The smallest absolute Gasteiger partial charge is 0.343 e. The number of unbranched alkanes of at least 4 members (excludes halogenated alkanes) is 4. The summed E-state index contributed by atoms with van der Waals surface area (Å²) < 4.78 is 16.8. The fraction of sp³-hybridized carbons (Fsp3) is 0.361. The number of esters is 1. The Balaban J connectivity index is 1.57. The highest BCUT2D eigenvalue weighted by molar-refractivity contribution is 5.98. The minimum absolute atomic E-state index is 0.156. The number of Topliss-reactive ketones (excluding diaryl/α,β-unsaturated/α-hetero) is 1. The Kier molecular flexibility index (Phi) is 14.4. The lowest BCUT2D eigenvalue weighted by molar-refractivity contribution is -0.138. The third kappa shape index (κ3) is 12.3. The Morgan fingerprint density at radius 3 is 2.13 bits per heavy atom. The van der Waals surface area contributed by atoms with Crippen LogP contribution in [0.5, 0.6) is 17.2 Å². The third-order valence-electron chi connectivity index (χ3n) is 7.27. The maximum atomic E-state index is 12.9. The number of anilines is 1. The normalized spacial score (nSPS) is 11.2. The summed E-state index contributed by atoms with van der Waals surface area (Å²) in [7, 11) is 1.44. The molecular formula is C36H42N2O9. The predicted octanol–water partition coefficient (Wildman–Crippen LogP) is 6.00. The lowest BCUT2D eigenvalue weighted by Gasteiger charge is -2.17. The number of ketones is 1. The maximum Gasteiger partial charge on any atom is 0.343 e. The van der Waals surface area contributed by atoms with Gasteiger partial charge in [0, 0.05) is 17.7 Å². The van der Waals surface area contributed by atoms with Gasteiger partial charge in [-0.2, -0.15) is 0 Å². The van der Waals surface area contributed by atoms with Gasteiger partial charge in [-0.25, -0.2) is 4.79 Å². The first kappa shape index (κ1) is 36.3. The number of ether oxygens (including phenoxy) is 3. The average molecular weight is 647 g/mol. The van der Waals surface area contributed by atoms with Gasteiger partial charge in [0.05, 0.1) is 31.7 Å². The molecule has 0 fully saturated rings. The average Bonchev–Trinajstić information content (AvgIpc) is 3.06. The number of carbonyl (C=O) groups is 5. The quantitative estimate of drug-likeness (QED) is 0.0808. The molecule has 3 aromatic carbocycles. The minimum atomic E-state index is -1.07. The summed E-state index contributed by atoms with van der Waals surface area (Å²) in [6.07, 6.45) is 5.42. The molecule has 3 N–H and O–H groups in total. The first-order chi connectivity index (χ1) is 22.6. The van der Waals surface area contributed by atoms with Crippen molar-refractivity contribution >= 4 is 35.2 Å². The summed E-state index contributed by atoms with van der Waals surface area (Å²) in [6.45, 7) is 4.17. The molecule has 3 aromatic rings. The Hall–Kier alpha value is -5.19. The minimum Gasteiger partial charge on any atom is -0.494 e. The van der Waals surface area contributed by atoms with Crippen LogP contribution in [0.25, 0.3) is 0 Å². The van der Waals surface area contributed by atoms with Crippen molar-refractivity contribution in [1.82, 2.24) is 5.32 Å². The number of carboxylic acid groups (broad SMARTS) is 1. The summed E-state index contributed by atoms with van der Waals surface area (Å²) in [4.78, 5) is 60.7. The van der Waals surface area contributed by atoms with E-state index in [-0.39, 0.29) is 42.1 Å². The van der Waals surface area contributed by atoms with Gasteiger partial charge in [-0.3, -0.25) is 19.2 Å². The SMILES string of the molecule is CCCCCCCOc1ccc(C(=O)Oc2ccc(CC(NC(=O)c3ccc(NC(=O)CCC(=O)O)cc3)C(C)=O)cc2OC)cc1. The van der Waals surface area contributed by atoms with Crippen LogP contribution in [0.2, 0.25) is 0 Å². The van der Waals surface area contributed by atoms with Gasteiger partial charge in [0.25, 0.3) is 5.91 Å². The van der Waals surface area contributed by atoms with E-state index in [0.717, 1.165) is 12.8 Å². The molecule has 0 aliphatic heterocycles. The highest BCUT2D eigenvalue weighted by Crippen LogP contribution is 2.30. The van der Waals surface area contributed by atoms with Gasteiger partial charge >= 0.3 is 11.9 Å². The van der Waals surface area contributed by atoms with Crippen LogP contribution in [0.3, 0.4) is 0 Å². The molecule has 2 amide bonds. The van der Waals surface area contributed by atoms with Crippen LogP contribution in [0, 0.1) is 0 Å². The molecule has 0 heterocycles. The molecule has 0 spiro atoms. The molecule has 0 aliphatic rings. The van der Waals surface area contributed by atoms with Crippen molar-refractivity contribution in [1.29, 1.82) is 0 Å². The van der Waals surface area contributed by atoms with E-state index in [1.165, 1.54) is 57.6 Å². The molecular weight excluding hydrogens is 604 g/mol. The van der Waals surface area contributed by atoms with E-state index < -0.39 is 29.8 Å². The Morgan fingerprint density at radius 1 is 0.809 bits per heavy atom. The van der Waals surface area contributed by atoms with Crippen molar-refractivity contribution in [3.63, 3.8) is 0 Å². The number of rotatable bonds is 19. The summed E-state index contributed by atoms with van der Waals surface area (Å²) >= 11 is 0. The van der Waals surface area contributed by atoms with Crippen molar-refractivity contribution in [3.8, 4) is 17.2 Å². The van der Waals surface area contributed by atoms with E-state index in [2.05, 4.69) is 17.6 Å². The zero-order valence-corrected chi connectivity index (χ0v) is 27.0. The number of hydrogen-bond donors (Lipinski definition) is 3. The topological polar surface area (TPSA) is 157 Å². The highest BCUT2D eigenvalue weighted by Gasteiger charge is 2.21. The van der Waals surface area contributed by atoms with Crippen LogP contribution >= 0.6 is 0 Å². The number of carboxylic acids is 1. The molecule has 1 unspecified atom stereocenters. The number of carbonyl (C=O) groups excluding carboxylic acids is 4. The maximum absolute atomic E-state index is 12.9. The molecule has 0 aliphatic carbocycles. The fourth-order valence-corrected chi connectivity index (χ4v) is 4.59. The second-order valence-corrected chi connectivity index (χ2v) is 11.0. The van der Waals surface area contributed by atoms with Gasteiger partial charge in [-0.05, 0) is 86.0 Å². The van der Waals surface area contributed by atoms with Crippen LogP contribution in [0.1, 0.15) is 85.1 Å². The molecule has 0 bridgehead atoms.